The molecule has 0 aromatic carbocycles. The summed E-state index contributed by atoms with van der Waals surface area (Å²) < 4.78 is 0. The number of amides is 2. The molecule has 2 amide bonds. The summed E-state index contributed by atoms with van der Waals surface area (Å²) in [7, 11) is 0. The van der Waals surface area contributed by atoms with E-state index in [1.165, 1.54) is 0 Å². The first-order valence-corrected chi connectivity index (χ1v) is 6.77. The normalized spacial score (nSPS) is 22.6. The Bertz CT molecular complexity index is 362. The van der Waals surface area contributed by atoms with Crippen LogP contribution >= 0.6 is 0 Å². The monoisotopic (exact) mass is 266 g/mol. The molecule has 1 heterocycles. The van der Waals surface area contributed by atoms with E-state index in [1.807, 2.05) is 6.92 Å². The minimum absolute atomic E-state index is 0.0273. The number of nitrogens with one attached hydrogen (secondary N) is 1. The molecule has 0 aromatic rings. The Hall–Kier alpha value is -1.70. The largest absolute Gasteiger partial charge is 0.481 e. The van der Waals surface area contributed by atoms with Gasteiger partial charge in [0.2, 0.25) is 0 Å². The van der Waals surface area contributed by atoms with Crippen molar-refractivity contribution in [3.63, 3.8) is 0 Å². The van der Waals surface area contributed by atoms with Crippen molar-refractivity contribution in [2.45, 2.75) is 45.1 Å². The third-order valence-corrected chi connectivity index (χ3v) is 3.51. The van der Waals surface area contributed by atoms with E-state index in [2.05, 4.69) is 11.2 Å². The number of likely N-dealkylation sites (tertiary alicyclic amines) is 1. The molecule has 106 valence electrons. The van der Waals surface area contributed by atoms with Crippen LogP contribution in [-0.2, 0) is 4.79 Å². The first-order chi connectivity index (χ1) is 9.06. The molecule has 0 aliphatic carbocycles. The molecular formula is C14H22N2O3. The Kier molecular flexibility index (Phi) is 6.20. The van der Waals surface area contributed by atoms with Crippen LogP contribution in [0.3, 0.4) is 0 Å². The molecule has 5 nitrogen and oxygen atoms in total. The van der Waals surface area contributed by atoms with E-state index in [9.17, 15) is 9.59 Å². The van der Waals surface area contributed by atoms with Crippen molar-refractivity contribution < 1.29 is 14.7 Å². The van der Waals surface area contributed by atoms with E-state index in [0.717, 1.165) is 19.3 Å². The highest BCUT2D eigenvalue weighted by Gasteiger charge is 2.31. The van der Waals surface area contributed by atoms with E-state index in [1.54, 1.807) is 4.90 Å². The van der Waals surface area contributed by atoms with Gasteiger partial charge in [-0.1, -0.05) is 0 Å². The molecule has 1 aliphatic heterocycles. The van der Waals surface area contributed by atoms with Gasteiger partial charge in [0.25, 0.3) is 0 Å². The van der Waals surface area contributed by atoms with Crippen LogP contribution in [0.25, 0.3) is 0 Å². The van der Waals surface area contributed by atoms with E-state index in [0.29, 0.717) is 25.9 Å². The second-order valence-corrected chi connectivity index (χ2v) is 5.00. The highest BCUT2D eigenvalue weighted by molar-refractivity contribution is 5.75. The standard InChI is InChI=1S/C14H22N2O3/c1-3-4-5-6-8-15-14(19)16-9-7-12(13(17)18)10-11(16)2/h1,11-12H,4-10H2,2H3,(H,15,19)(H,17,18). The van der Waals surface area contributed by atoms with Crippen molar-refractivity contribution in [1.82, 2.24) is 10.2 Å². The smallest absolute Gasteiger partial charge is 0.317 e. The number of nitrogens with zero attached hydrogens (tertiary/aromatic N) is 1. The molecule has 1 saturated heterocycles. The summed E-state index contributed by atoms with van der Waals surface area (Å²) in [5, 5.41) is 11.8. The molecule has 0 radical (unpaired) electrons. The quantitative estimate of drug-likeness (QED) is 0.587. The van der Waals surface area contributed by atoms with Gasteiger partial charge in [-0.3, -0.25) is 4.79 Å². The van der Waals surface area contributed by atoms with Crippen LogP contribution in [0.1, 0.15) is 39.0 Å². The second-order valence-electron chi connectivity index (χ2n) is 5.00. The third kappa shape index (κ3) is 4.82. The van der Waals surface area contributed by atoms with E-state index in [4.69, 9.17) is 11.5 Å². The fraction of sp³-hybridized carbons (Fsp3) is 0.714. The predicted molar refractivity (Wildman–Crippen MR) is 72.6 cm³/mol. The van der Waals surface area contributed by atoms with Crippen molar-refractivity contribution >= 4 is 12.0 Å². The Balaban J connectivity index is 2.30. The van der Waals surface area contributed by atoms with Crippen molar-refractivity contribution in [3.8, 4) is 12.3 Å². The number of carboxylic acids is 1. The number of hydrogen-bond acceptors (Lipinski definition) is 2. The number of aliphatic carboxylic acids is 1. The van der Waals surface area contributed by atoms with Gasteiger partial charge in [0.15, 0.2) is 0 Å². The van der Waals surface area contributed by atoms with Gasteiger partial charge >= 0.3 is 12.0 Å². The van der Waals surface area contributed by atoms with Gasteiger partial charge in [0.05, 0.1) is 5.92 Å². The first-order valence-electron chi connectivity index (χ1n) is 6.77. The van der Waals surface area contributed by atoms with Gasteiger partial charge < -0.3 is 15.3 Å². The van der Waals surface area contributed by atoms with Crippen LogP contribution in [0.4, 0.5) is 4.79 Å². The topological polar surface area (TPSA) is 69.6 Å². The van der Waals surface area contributed by atoms with E-state index >= 15 is 0 Å². The summed E-state index contributed by atoms with van der Waals surface area (Å²) in [5.74, 6) is 1.48. The lowest BCUT2D eigenvalue weighted by Crippen LogP contribution is -2.50. The number of urea groups is 1. The number of terminal acetylenes is 1. The van der Waals surface area contributed by atoms with Gasteiger partial charge in [0.1, 0.15) is 0 Å². The Labute approximate surface area is 114 Å². The summed E-state index contributed by atoms with van der Waals surface area (Å²) in [6.45, 7) is 3.02. The summed E-state index contributed by atoms with van der Waals surface area (Å²) in [6.07, 6.45) is 8.72. The molecule has 1 aliphatic rings. The number of carboxylic acid groups (broad SMARTS) is 1. The summed E-state index contributed by atoms with van der Waals surface area (Å²) in [4.78, 5) is 24.6. The minimum atomic E-state index is -0.763. The van der Waals surface area contributed by atoms with Crippen LogP contribution in [0.2, 0.25) is 0 Å². The van der Waals surface area contributed by atoms with Crippen LogP contribution in [0, 0.1) is 18.3 Å². The van der Waals surface area contributed by atoms with Crippen LogP contribution in [0.5, 0.6) is 0 Å². The molecule has 1 fully saturated rings. The Morgan fingerprint density at radius 1 is 1.47 bits per heavy atom. The summed E-state index contributed by atoms with van der Waals surface area (Å²) in [5.41, 5.74) is 0. The summed E-state index contributed by atoms with van der Waals surface area (Å²) in [6, 6.07) is -0.127. The molecule has 5 heteroatoms. The molecule has 1 rings (SSSR count). The zero-order valence-electron chi connectivity index (χ0n) is 11.4. The highest BCUT2D eigenvalue weighted by atomic mass is 16.4. The molecule has 2 unspecified atom stereocenters. The molecular weight excluding hydrogens is 244 g/mol. The maximum atomic E-state index is 11.9. The molecule has 2 atom stereocenters. The van der Waals surface area contributed by atoms with Crippen LogP contribution in [0.15, 0.2) is 0 Å². The number of carbonyl (C=O) groups is 2. The van der Waals surface area contributed by atoms with Gasteiger partial charge in [-0.25, -0.2) is 4.79 Å². The van der Waals surface area contributed by atoms with Gasteiger partial charge in [-0.15, -0.1) is 12.3 Å². The fourth-order valence-corrected chi connectivity index (χ4v) is 2.35. The third-order valence-electron chi connectivity index (χ3n) is 3.51. The number of unbranched alkanes of at least 4 members (excludes halogenated alkanes) is 2. The van der Waals surface area contributed by atoms with Gasteiger partial charge in [0, 0.05) is 25.6 Å². The van der Waals surface area contributed by atoms with E-state index in [-0.39, 0.29) is 18.0 Å². The van der Waals surface area contributed by atoms with Crippen LogP contribution in [-0.4, -0.2) is 41.1 Å². The molecule has 0 bridgehead atoms. The van der Waals surface area contributed by atoms with Crippen LogP contribution < -0.4 is 5.32 Å². The highest BCUT2D eigenvalue weighted by Crippen LogP contribution is 2.22. The molecule has 2 N–H and O–H groups in total. The van der Waals surface area contributed by atoms with Crippen molar-refractivity contribution in [2.75, 3.05) is 13.1 Å². The Morgan fingerprint density at radius 3 is 2.79 bits per heavy atom. The molecule has 0 aromatic heterocycles. The average Bonchev–Trinajstić information content (AvgIpc) is 2.38. The maximum Gasteiger partial charge on any atom is 0.317 e. The molecule has 0 saturated carbocycles. The lowest BCUT2D eigenvalue weighted by molar-refractivity contribution is -0.143. The summed E-state index contributed by atoms with van der Waals surface area (Å²) >= 11 is 0. The zero-order valence-corrected chi connectivity index (χ0v) is 11.4. The minimum Gasteiger partial charge on any atom is -0.481 e. The SMILES string of the molecule is C#CCCCCNC(=O)N1CCC(C(=O)O)CC1C. The van der Waals surface area contributed by atoms with Gasteiger partial charge in [-0.05, 0) is 32.6 Å². The average molecular weight is 266 g/mol. The second kappa shape index (κ2) is 7.67. The van der Waals surface area contributed by atoms with Crippen molar-refractivity contribution in [3.05, 3.63) is 0 Å². The fourth-order valence-electron chi connectivity index (χ4n) is 2.35. The maximum absolute atomic E-state index is 11.9. The number of carbonyl (C=O) groups excluding carboxylic acids is 1. The number of hydrogen-bond donors (Lipinski definition) is 2. The number of rotatable bonds is 5. The number of piperidine rings is 1. The predicted octanol–water partition coefficient (Wildman–Crippen LogP) is 1.68. The first kappa shape index (κ1) is 15.4. The van der Waals surface area contributed by atoms with Crippen molar-refractivity contribution in [2.24, 2.45) is 5.92 Å². The van der Waals surface area contributed by atoms with Crippen molar-refractivity contribution in [1.29, 1.82) is 0 Å². The zero-order chi connectivity index (χ0) is 14.3. The van der Waals surface area contributed by atoms with E-state index < -0.39 is 5.97 Å². The van der Waals surface area contributed by atoms with Gasteiger partial charge in [-0.2, -0.15) is 0 Å². The Morgan fingerprint density at radius 2 is 2.21 bits per heavy atom. The lowest BCUT2D eigenvalue weighted by Gasteiger charge is -2.36. The molecule has 0 spiro atoms. The molecule has 19 heavy (non-hydrogen) atoms. The lowest BCUT2D eigenvalue weighted by atomic mass is 9.92.